The van der Waals surface area contributed by atoms with Gasteiger partial charge in [-0.15, -0.1) is 0 Å². The topological polar surface area (TPSA) is 129 Å². The van der Waals surface area contributed by atoms with Crippen LogP contribution < -0.4 is 25.6 Å². The molecule has 2 aliphatic rings. The van der Waals surface area contributed by atoms with Crippen LogP contribution in [-0.2, 0) is 25.0 Å². The maximum Gasteiger partial charge on any atom is 0.319 e. The first-order valence-corrected chi connectivity index (χ1v) is 19.8. The normalized spacial score (nSPS) is 17.9. The second-order valence-corrected chi connectivity index (χ2v) is 16.4. The number of nitrogens with zero attached hydrogens (tertiary/aromatic N) is 1. The van der Waals surface area contributed by atoms with E-state index in [0.717, 1.165) is 36.9 Å². The maximum atomic E-state index is 13.9. The Bertz CT molecular complexity index is 1500. The molecule has 49 heavy (non-hydrogen) atoms. The number of urea groups is 1. The molecule has 2 aromatic rings. The van der Waals surface area contributed by atoms with Crippen molar-refractivity contribution in [2.75, 3.05) is 47.8 Å². The fraction of sp³-hybridized carbons (Fsp3) is 0.632. The fourth-order valence-corrected chi connectivity index (χ4v) is 8.50. The van der Waals surface area contributed by atoms with Crippen LogP contribution in [0.3, 0.4) is 0 Å². The highest BCUT2D eigenvalue weighted by Gasteiger charge is 2.43. The zero-order valence-corrected chi connectivity index (χ0v) is 31.3. The van der Waals surface area contributed by atoms with Crippen molar-refractivity contribution in [2.45, 2.75) is 115 Å². The number of carbonyl (C=O) groups excluding carboxylic acids is 2. The van der Waals surface area contributed by atoms with Crippen molar-refractivity contribution in [3.63, 3.8) is 0 Å². The third-order valence-corrected chi connectivity index (χ3v) is 11.7. The van der Waals surface area contributed by atoms with Gasteiger partial charge in [0.15, 0.2) is 0 Å². The molecule has 10 nitrogen and oxygen atoms in total. The minimum atomic E-state index is -3.94. The van der Waals surface area contributed by atoms with Crippen LogP contribution in [0.2, 0.25) is 0 Å². The van der Waals surface area contributed by atoms with Gasteiger partial charge in [-0.25, -0.2) is 13.2 Å². The minimum Gasteiger partial charge on any atom is -0.378 e. The highest BCUT2D eigenvalue weighted by Crippen LogP contribution is 2.40. The van der Waals surface area contributed by atoms with E-state index in [-0.39, 0.29) is 28.2 Å². The summed E-state index contributed by atoms with van der Waals surface area (Å²) in [6, 6.07) is 11.9. The lowest BCUT2D eigenvalue weighted by Gasteiger charge is -2.46. The summed E-state index contributed by atoms with van der Waals surface area (Å²) in [7, 11) is -3.94. The van der Waals surface area contributed by atoms with Crippen LogP contribution in [-0.4, -0.2) is 58.7 Å². The number of nitrogens with one attached hydrogen (secondary N) is 4. The largest absolute Gasteiger partial charge is 0.378 e. The average Bonchev–Trinajstić information content (AvgIpc) is 3.09. The second-order valence-electron chi connectivity index (χ2n) is 14.7. The van der Waals surface area contributed by atoms with Gasteiger partial charge in [0.05, 0.1) is 35.0 Å². The molecule has 4 rings (SSSR count). The highest BCUT2D eigenvalue weighted by atomic mass is 32.2. The quantitative estimate of drug-likeness (QED) is 0.163. The third-order valence-electron chi connectivity index (χ3n) is 10.3. The van der Waals surface area contributed by atoms with Crippen molar-refractivity contribution in [3.05, 3.63) is 48.0 Å². The van der Waals surface area contributed by atoms with E-state index < -0.39 is 15.6 Å². The first-order chi connectivity index (χ1) is 23.3. The molecule has 1 aliphatic carbocycles. The monoisotopic (exact) mass is 697 g/mol. The van der Waals surface area contributed by atoms with Crippen LogP contribution in [0.25, 0.3) is 0 Å². The van der Waals surface area contributed by atoms with Gasteiger partial charge in [0.25, 0.3) is 10.0 Å². The van der Waals surface area contributed by atoms with Crippen LogP contribution in [0.4, 0.5) is 21.9 Å². The number of benzene rings is 2. The SMILES string of the molecule is CCC[C@H](C1CCCCC1)[C@](CC)(CNC(=O)CC)NC(=O)Nc1ccc(N2CCOCC2)c(NS(=O)(=O)c2ccc(C(C)(C)C)cc2)c1. The predicted octanol–water partition coefficient (Wildman–Crippen LogP) is 7.41. The summed E-state index contributed by atoms with van der Waals surface area (Å²) < 4.78 is 35.8. The van der Waals surface area contributed by atoms with E-state index in [9.17, 15) is 18.0 Å². The molecule has 1 aliphatic heterocycles. The molecule has 0 bridgehead atoms. The molecule has 0 aromatic heterocycles. The molecule has 0 spiro atoms. The van der Waals surface area contributed by atoms with Crippen LogP contribution in [0, 0.1) is 11.8 Å². The van der Waals surface area contributed by atoms with E-state index in [2.05, 4.69) is 60.2 Å². The zero-order valence-electron chi connectivity index (χ0n) is 30.5. The van der Waals surface area contributed by atoms with Gasteiger partial charge in [-0.2, -0.15) is 0 Å². The number of sulfonamides is 1. The van der Waals surface area contributed by atoms with Gasteiger partial charge < -0.3 is 25.6 Å². The molecule has 0 unspecified atom stereocenters. The Balaban J connectivity index is 1.63. The molecular formula is C38H59N5O5S. The first kappa shape index (κ1) is 38.5. The van der Waals surface area contributed by atoms with E-state index in [1.54, 1.807) is 24.3 Å². The van der Waals surface area contributed by atoms with Crippen molar-refractivity contribution in [1.82, 2.24) is 10.6 Å². The van der Waals surface area contributed by atoms with Crippen molar-refractivity contribution < 1.29 is 22.7 Å². The van der Waals surface area contributed by atoms with Crippen LogP contribution >= 0.6 is 0 Å². The molecule has 1 saturated carbocycles. The van der Waals surface area contributed by atoms with E-state index in [0.29, 0.717) is 63.0 Å². The molecule has 4 N–H and O–H groups in total. The summed E-state index contributed by atoms with van der Waals surface area (Å²) in [6.07, 6.45) is 8.86. The smallest absolute Gasteiger partial charge is 0.319 e. The average molecular weight is 698 g/mol. The zero-order chi connectivity index (χ0) is 35.7. The van der Waals surface area contributed by atoms with Crippen molar-refractivity contribution >= 4 is 39.0 Å². The van der Waals surface area contributed by atoms with Crippen molar-refractivity contribution in [3.8, 4) is 0 Å². The third kappa shape index (κ3) is 10.1. The Kier molecular flexibility index (Phi) is 13.4. The summed E-state index contributed by atoms with van der Waals surface area (Å²) in [4.78, 5) is 28.6. The van der Waals surface area contributed by atoms with Crippen LogP contribution in [0.15, 0.2) is 47.4 Å². The highest BCUT2D eigenvalue weighted by molar-refractivity contribution is 7.92. The number of rotatable bonds is 14. The maximum absolute atomic E-state index is 13.9. The summed E-state index contributed by atoms with van der Waals surface area (Å²) in [5.41, 5.74) is 1.85. The summed E-state index contributed by atoms with van der Waals surface area (Å²) >= 11 is 0. The number of anilines is 3. The van der Waals surface area contributed by atoms with Crippen molar-refractivity contribution in [1.29, 1.82) is 0 Å². The van der Waals surface area contributed by atoms with Crippen LogP contribution in [0.1, 0.15) is 105 Å². The molecule has 0 radical (unpaired) electrons. The Morgan fingerprint density at radius 1 is 0.959 bits per heavy atom. The number of hydrogen-bond acceptors (Lipinski definition) is 6. The van der Waals surface area contributed by atoms with Gasteiger partial charge >= 0.3 is 6.03 Å². The number of hydrogen-bond donors (Lipinski definition) is 4. The molecule has 2 fully saturated rings. The molecular weight excluding hydrogens is 639 g/mol. The summed E-state index contributed by atoms with van der Waals surface area (Å²) in [5, 5.41) is 9.46. The molecule has 2 atom stereocenters. The Morgan fingerprint density at radius 2 is 1.63 bits per heavy atom. The van der Waals surface area contributed by atoms with Gasteiger partial charge in [0.2, 0.25) is 5.91 Å². The second kappa shape index (κ2) is 17.1. The molecule has 1 heterocycles. The van der Waals surface area contributed by atoms with E-state index in [1.165, 1.54) is 19.3 Å². The summed E-state index contributed by atoms with van der Waals surface area (Å²) in [6.45, 7) is 15.0. The van der Waals surface area contributed by atoms with Gasteiger partial charge in [0.1, 0.15) is 0 Å². The Morgan fingerprint density at radius 3 is 2.22 bits per heavy atom. The van der Waals surface area contributed by atoms with Gasteiger partial charge in [-0.1, -0.05) is 92.2 Å². The fourth-order valence-electron chi connectivity index (χ4n) is 7.44. The van der Waals surface area contributed by atoms with Gasteiger partial charge in [-0.3, -0.25) is 9.52 Å². The summed E-state index contributed by atoms with van der Waals surface area (Å²) in [5.74, 6) is 0.641. The molecule has 1 saturated heterocycles. The van der Waals surface area contributed by atoms with E-state index >= 15 is 0 Å². The Labute approximate surface area is 294 Å². The molecule has 11 heteroatoms. The van der Waals surface area contributed by atoms with Gasteiger partial charge in [0, 0.05) is 31.7 Å². The lowest BCUT2D eigenvalue weighted by atomic mass is 9.67. The van der Waals surface area contributed by atoms with Gasteiger partial charge in [-0.05, 0) is 66.0 Å². The lowest BCUT2D eigenvalue weighted by molar-refractivity contribution is -0.121. The Hall–Kier alpha value is -3.31. The predicted molar refractivity (Wildman–Crippen MR) is 199 cm³/mol. The van der Waals surface area contributed by atoms with Crippen LogP contribution in [0.5, 0.6) is 0 Å². The number of morpholine rings is 1. The lowest BCUT2D eigenvalue weighted by Crippen LogP contribution is -2.62. The molecule has 272 valence electrons. The minimum absolute atomic E-state index is 0.0393. The molecule has 2 aromatic carbocycles. The number of carbonyl (C=O) groups is 2. The number of ether oxygens (including phenoxy) is 1. The van der Waals surface area contributed by atoms with E-state index in [4.69, 9.17) is 4.74 Å². The van der Waals surface area contributed by atoms with Crippen molar-refractivity contribution in [2.24, 2.45) is 11.8 Å². The molecule has 3 amide bonds. The van der Waals surface area contributed by atoms with E-state index in [1.807, 2.05) is 25.1 Å². The standard InChI is InChI=1S/C38H59N5O5S/c1-7-13-32(28-14-11-10-12-15-28)38(9-3,27-39-35(44)8-2)41-36(45)40-30-18-21-34(43-22-24-48-25-23-43)33(26-30)42-49(46,47)31-19-16-29(17-20-31)37(4,5)6/h16-21,26,28,32,42H,7-15,22-25,27H2,1-6H3,(H,39,44)(H2,40,41,45)/t32-,38+/m1/s1. The number of amides is 3. The first-order valence-electron chi connectivity index (χ1n) is 18.3.